The van der Waals surface area contributed by atoms with Gasteiger partial charge in [0.15, 0.2) is 0 Å². The molecule has 5 amide bonds. The number of aromatic nitrogens is 1. The maximum atomic E-state index is 14.1. The Morgan fingerprint density at radius 1 is 0.915 bits per heavy atom. The third kappa shape index (κ3) is 8.82. The smallest absolute Gasteiger partial charge is 0.328 e. The summed E-state index contributed by atoms with van der Waals surface area (Å²) < 4.78 is 8.23. The molecule has 3 aliphatic heterocycles. The fourth-order valence-corrected chi connectivity index (χ4v) is 9.56. The lowest BCUT2D eigenvalue weighted by Crippen LogP contribution is -2.49. The Hall–Kier alpha value is -5.38. The number of likely N-dealkylation sites (tertiary alicyclic amines) is 2. The number of rotatable bonds is 9. The van der Waals surface area contributed by atoms with Crippen molar-refractivity contribution in [1.29, 1.82) is 5.26 Å². The van der Waals surface area contributed by atoms with E-state index in [1.165, 1.54) is 5.56 Å². The molecule has 12 nitrogen and oxygen atoms in total. The molecule has 0 unspecified atom stereocenters. The Labute approximate surface area is 350 Å². The zero-order valence-corrected chi connectivity index (χ0v) is 34.6. The van der Waals surface area contributed by atoms with E-state index in [4.69, 9.17) is 21.6 Å². The molecule has 308 valence electrons. The van der Waals surface area contributed by atoms with Crippen LogP contribution in [0.15, 0.2) is 66.9 Å². The molecular formula is C46H52ClN7O5. The number of halogens is 1. The lowest BCUT2D eigenvalue weighted by Gasteiger charge is -2.47. The second kappa shape index (κ2) is 17.1. The number of hydrogen-bond acceptors (Lipinski definition) is 7. The van der Waals surface area contributed by atoms with E-state index in [1.54, 1.807) is 23.1 Å². The molecule has 0 radical (unpaired) electrons. The van der Waals surface area contributed by atoms with Crippen molar-refractivity contribution in [3.05, 3.63) is 94.1 Å². The van der Waals surface area contributed by atoms with Crippen LogP contribution in [0.2, 0.25) is 5.02 Å². The predicted molar refractivity (Wildman–Crippen MR) is 227 cm³/mol. The molecule has 4 heterocycles. The molecular weight excluding hydrogens is 766 g/mol. The highest BCUT2D eigenvalue weighted by Gasteiger charge is 2.39. The first-order valence-electron chi connectivity index (χ1n) is 21.0. The van der Waals surface area contributed by atoms with Crippen LogP contribution in [0.25, 0.3) is 10.9 Å². The molecule has 3 aromatic carbocycles. The average Bonchev–Trinajstić information content (AvgIpc) is 3.68. The third-order valence-corrected chi connectivity index (χ3v) is 13.3. The molecule has 1 aliphatic carbocycles. The molecule has 1 saturated carbocycles. The van der Waals surface area contributed by atoms with Gasteiger partial charge in [0.1, 0.15) is 11.8 Å². The Kier molecular flexibility index (Phi) is 11.7. The number of amides is 5. The highest BCUT2D eigenvalue weighted by atomic mass is 35.5. The number of benzene rings is 3. The van der Waals surface area contributed by atoms with Crippen LogP contribution in [0.1, 0.15) is 110 Å². The summed E-state index contributed by atoms with van der Waals surface area (Å²) in [4.78, 5) is 58.1. The van der Waals surface area contributed by atoms with Crippen LogP contribution in [-0.2, 0) is 11.3 Å². The number of nitrogens with zero attached hydrogens (tertiary/aromatic N) is 5. The van der Waals surface area contributed by atoms with Gasteiger partial charge in [-0.15, -0.1) is 0 Å². The number of imide groups is 1. The molecule has 4 aromatic rings. The van der Waals surface area contributed by atoms with E-state index >= 15 is 0 Å². The van der Waals surface area contributed by atoms with Crippen LogP contribution in [0.4, 0.5) is 10.5 Å². The second-order valence-electron chi connectivity index (χ2n) is 17.1. The summed E-state index contributed by atoms with van der Waals surface area (Å²) in [5.41, 5.74) is 4.62. The first-order chi connectivity index (χ1) is 28.5. The molecule has 13 heteroatoms. The van der Waals surface area contributed by atoms with Crippen molar-refractivity contribution in [3.63, 3.8) is 0 Å². The minimum Gasteiger partial charge on any atom is -0.490 e. The van der Waals surface area contributed by atoms with Gasteiger partial charge >= 0.3 is 6.03 Å². The van der Waals surface area contributed by atoms with Crippen molar-refractivity contribution < 1.29 is 23.9 Å². The number of carbonyl (C=O) groups excluding carboxylic acids is 4. The number of ether oxygens (including phenoxy) is 1. The summed E-state index contributed by atoms with van der Waals surface area (Å²) in [5, 5.41) is 16.0. The zero-order chi connectivity index (χ0) is 41.3. The summed E-state index contributed by atoms with van der Waals surface area (Å²) >= 11 is 6.16. The largest absolute Gasteiger partial charge is 0.490 e. The van der Waals surface area contributed by atoms with Gasteiger partial charge in [-0.25, -0.2) is 4.79 Å². The molecule has 1 spiro atoms. The van der Waals surface area contributed by atoms with E-state index in [2.05, 4.69) is 52.2 Å². The Bertz CT molecular complexity index is 2270. The zero-order valence-electron chi connectivity index (χ0n) is 33.8. The highest BCUT2D eigenvalue weighted by Crippen LogP contribution is 2.42. The lowest BCUT2D eigenvalue weighted by molar-refractivity contribution is -0.120. The maximum Gasteiger partial charge on any atom is 0.328 e. The normalized spacial score (nSPS) is 21.1. The van der Waals surface area contributed by atoms with Crippen LogP contribution in [0.5, 0.6) is 5.75 Å². The van der Waals surface area contributed by atoms with Gasteiger partial charge in [-0.3, -0.25) is 29.5 Å². The van der Waals surface area contributed by atoms with Crippen molar-refractivity contribution in [2.75, 3.05) is 37.6 Å². The number of anilines is 1. The molecule has 2 N–H and O–H groups in total. The maximum absolute atomic E-state index is 14.1. The first-order valence-corrected chi connectivity index (χ1v) is 21.4. The van der Waals surface area contributed by atoms with Crippen LogP contribution in [0, 0.1) is 16.7 Å². The number of piperidine rings is 2. The molecule has 3 saturated heterocycles. The second-order valence-corrected chi connectivity index (χ2v) is 17.5. The molecule has 4 fully saturated rings. The fourth-order valence-electron chi connectivity index (χ4n) is 9.35. The number of nitriles is 1. The van der Waals surface area contributed by atoms with Crippen molar-refractivity contribution >= 4 is 51.9 Å². The van der Waals surface area contributed by atoms with Crippen LogP contribution in [-0.4, -0.2) is 83.0 Å². The van der Waals surface area contributed by atoms with E-state index in [0.29, 0.717) is 46.2 Å². The highest BCUT2D eigenvalue weighted by molar-refractivity contribution is 6.31. The molecule has 1 aromatic heterocycles. The van der Waals surface area contributed by atoms with Crippen molar-refractivity contribution in [2.45, 2.75) is 96.4 Å². The minimum absolute atomic E-state index is 0.0215. The topological polar surface area (TPSA) is 140 Å². The number of urea groups is 1. The van der Waals surface area contributed by atoms with Gasteiger partial charge in [0.2, 0.25) is 5.91 Å². The number of nitrogens with one attached hydrogen (secondary N) is 2. The summed E-state index contributed by atoms with van der Waals surface area (Å²) in [6.07, 6.45) is 9.68. The van der Waals surface area contributed by atoms with E-state index in [1.807, 2.05) is 41.4 Å². The monoisotopic (exact) mass is 817 g/mol. The SMILES string of the molecule is CC(C)n1ccc2c(N3CCC(=O)NC3=O)cc(C(=O)N3CCC4(CCN(Cc5ccc(C(=O)N[C@H]6CC[C@H](Oc7ccc(C#N)c(Cl)c7)CC6)cc5)CC4)CC3)cc21. The van der Waals surface area contributed by atoms with Gasteiger partial charge in [0.05, 0.1) is 27.9 Å². The van der Waals surface area contributed by atoms with Crippen molar-refractivity contribution in [1.82, 2.24) is 25.0 Å². The van der Waals surface area contributed by atoms with Crippen molar-refractivity contribution in [2.24, 2.45) is 5.41 Å². The number of carbonyl (C=O) groups is 4. The first kappa shape index (κ1) is 40.4. The molecule has 4 aliphatic rings. The molecule has 8 rings (SSSR count). The number of fused-ring (bicyclic) bond motifs is 1. The molecule has 0 atom stereocenters. The van der Waals surface area contributed by atoms with E-state index in [0.717, 1.165) is 81.9 Å². The van der Waals surface area contributed by atoms with E-state index in [-0.39, 0.29) is 54.3 Å². The van der Waals surface area contributed by atoms with Gasteiger partial charge in [-0.05, 0) is 132 Å². The van der Waals surface area contributed by atoms with Gasteiger partial charge in [-0.2, -0.15) is 5.26 Å². The third-order valence-electron chi connectivity index (χ3n) is 13.0. The van der Waals surface area contributed by atoms with Crippen molar-refractivity contribution in [3.8, 4) is 11.8 Å². The van der Waals surface area contributed by atoms with Crippen LogP contribution < -0.4 is 20.3 Å². The molecule has 59 heavy (non-hydrogen) atoms. The van der Waals surface area contributed by atoms with Gasteiger partial charge < -0.3 is 19.5 Å². The Balaban J connectivity index is 0.804. The van der Waals surface area contributed by atoms with Gasteiger partial charge in [0, 0.05) is 73.5 Å². The van der Waals surface area contributed by atoms with E-state index in [9.17, 15) is 19.2 Å². The van der Waals surface area contributed by atoms with Crippen LogP contribution in [0.3, 0.4) is 0 Å². The fraction of sp³-hybridized carbons (Fsp3) is 0.457. The van der Waals surface area contributed by atoms with E-state index < -0.39 is 6.03 Å². The quantitative estimate of drug-likeness (QED) is 0.176. The molecule has 0 bridgehead atoms. The van der Waals surface area contributed by atoms with Crippen LogP contribution >= 0.6 is 11.6 Å². The summed E-state index contributed by atoms with van der Waals surface area (Å²) in [5.74, 6) is 0.298. The van der Waals surface area contributed by atoms with Gasteiger partial charge in [-0.1, -0.05) is 23.7 Å². The Morgan fingerprint density at radius 3 is 2.29 bits per heavy atom. The number of hydrogen-bond donors (Lipinski definition) is 2. The Morgan fingerprint density at radius 2 is 1.63 bits per heavy atom. The summed E-state index contributed by atoms with van der Waals surface area (Å²) in [6, 6.07) is 20.8. The summed E-state index contributed by atoms with van der Waals surface area (Å²) in [7, 11) is 0. The average molecular weight is 818 g/mol. The minimum atomic E-state index is -0.457. The van der Waals surface area contributed by atoms with Gasteiger partial charge in [0.25, 0.3) is 11.8 Å². The predicted octanol–water partition coefficient (Wildman–Crippen LogP) is 7.83. The summed E-state index contributed by atoms with van der Waals surface area (Å²) in [6.45, 7) is 8.68. The lowest BCUT2D eigenvalue weighted by atomic mass is 9.71. The standard InChI is InChI=1S/C46H52ClN7O5/c1-30(2)53-19-13-38-40(53)25-34(26-41(38)54-20-14-42(55)50-45(54)58)44(57)52-23-17-46(18-24-52)15-21-51(22-16-46)29-31-3-5-32(6-4-31)43(56)49-35-8-11-36(12-9-35)59-37-10-7-33(28-48)39(47)27-37/h3-7,10,13,19,25-27,30,35-36H,8-9,11-12,14-18,20-24,29H2,1-2H3,(H,49,56)(H,50,55,58)/t35-,36-.